The number of benzene rings is 1. The van der Waals surface area contributed by atoms with E-state index in [1.165, 1.54) is 13.0 Å². The fourth-order valence-corrected chi connectivity index (χ4v) is 2.10. The van der Waals surface area contributed by atoms with E-state index in [1.54, 1.807) is 17.0 Å². The fourth-order valence-electron chi connectivity index (χ4n) is 2.10. The Balaban J connectivity index is 2.21. The highest BCUT2D eigenvalue weighted by molar-refractivity contribution is 5.89. The molecule has 0 bridgehead atoms. The molecule has 1 aromatic rings. The molecule has 1 aliphatic rings. The quantitative estimate of drug-likeness (QED) is 0.796. The number of carbonyl (C=O) groups is 2. The Hall–Kier alpha value is -2.04. The summed E-state index contributed by atoms with van der Waals surface area (Å²) in [5.41, 5.74) is 1.39. The normalized spacial score (nSPS) is 14.9. The van der Waals surface area contributed by atoms with Crippen LogP contribution >= 0.6 is 0 Å². The number of carbonyl (C=O) groups excluding carboxylic acids is 2. The third-order valence-electron chi connectivity index (χ3n) is 2.93. The second kappa shape index (κ2) is 5.08. The maximum absolute atomic E-state index is 11.6. The summed E-state index contributed by atoms with van der Waals surface area (Å²) in [7, 11) is 0. The Labute approximate surface area is 105 Å². The van der Waals surface area contributed by atoms with Gasteiger partial charge >= 0.3 is 0 Å². The predicted molar refractivity (Wildman–Crippen MR) is 67.1 cm³/mol. The predicted octanol–water partition coefficient (Wildman–Crippen LogP) is 1.47. The molecular formula is C13H16N2O3. The highest BCUT2D eigenvalue weighted by atomic mass is 16.3. The number of likely N-dealkylation sites (tertiary alicyclic amines) is 1. The lowest BCUT2D eigenvalue weighted by Gasteiger charge is -2.18. The van der Waals surface area contributed by atoms with Gasteiger partial charge in [0, 0.05) is 32.1 Å². The number of phenolic OH excluding ortho intramolecular Hbond substituents is 1. The Bertz CT molecular complexity index is 485. The van der Waals surface area contributed by atoms with Gasteiger partial charge in [0.15, 0.2) is 0 Å². The molecule has 1 saturated heterocycles. The summed E-state index contributed by atoms with van der Waals surface area (Å²) < 4.78 is 0. The van der Waals surface area contributed by atoms with Crippen LogP contribution in [0.4, 0.5) is 5.69 Å². The first-order chi connectivity index (χ1) is 8.56. The van der Waals surface area contributed by atoms with Crippen molar-refractivity contribution in [2.75, 3.05) is 11.9 Å². The number of hydrogen-bond donors (Lipinski definition) is 2. The summed E-state index contributed by atoms with van der Waals surface area (Å²) >= 11 is 0. The smallest absolute Gasteiger partial charge is 0.222 e. The van der Waals surface area contributed by atoms with Crippen molar-refractivity contribution in [1.29, 1.82) is 0 Å². The van der Waals surface area contributed by atoms with Crippen LogP contribution in [0.1, 0.15) is 25.3 Å². The molecule has 5 nitrogen and oxygen atoms in total. The number of phenols is 1. The largest absolute Gasteiger partial charge is 0.508 e. The summed E-state index contributed by atoms with van der Waals surface area (Å²) in [5.74, 6) is 0.0764. The average molecular weight is 248 g/mol. The maximum Gasteiger partial charge on any atom is 0.222 e. The van der Waals surface area contributed by atoms with Crippen molar-refractivity contribution in [1.82, 2.24) is 4.90 Å². The van der Waals surface area contributed by atoms with Gasteiger partial charge in [-0.1, -0.05) is 0 Å². The van der Waals surface area contributed by atoms with Gasteiger partial charge in [-0.15, -0.1) is 0 Å². The van der Waals surface area contributed by atoms with Crippen LogP contribution in [-0.2, 0) is 16.1 Å². The third-order valence-corrected chi connectivity index (χ3v) is 2.93. The van der Waals surface area contributed by atoms with Crippen LogP contribution in [0, 0.1) is 0 Å². The maximum atomic E-state index is 11.6. The molecule has 96 valence electrons. The highest BCUT2D eigenvalue weighted by Gasteiger charge is 2.21. The van der Waals surface area contributed by atoms with Crippen LogP contribution in [0.25, 0.3) is 0 Å². The van der Waals surface area contributed by atoms with Crippen LogP contribution < -0.4 is 5.32 Å². The Morgan fingerprint density at radius 2 is 2.28 bits per heavy atom. The molecule has 0 spiro atoms. The Kier molecular flexibility index (Phi) is 3.50. The summed E-state index contributed by atoms with van der Waals surface area (Å²) in [6.45, 7) is 2.58. The first kappa shape index (κ1) is 12.4. The van der Waals surface area contributed by atoms with E-state index < -0.39 is 0 Å². The van der Waals surface area contributed by atoms with Gasteiger partial charge in [-0.2, -0.15) is 0 Å². The van der Waals surface area contributed by atoms with Crippen LogP contribution in [0.5, 0.6) is 5.75 Å². The third kappa shape index (κ3) is 2.80. The lowest BCUT2D eigenvalue weighted by molar-refractivity contribution is -0.128. The van der Waals surface area contributed by atoms with Gasteiger partial charge < -0.3 is 15.3 Å². The molecule has 1 aromatic carbocycles. The minimum absolute atomic E-state index is 0.118. The van der Waals surface area contributed by atoms with Gasteiger partial charge in [0.25, 0.3) is 0 Å². The van der Waals surface area contributed by atoms with Crippen molar-refractivity contribution in [3.05, 3.63) is 23.8 Å². The van der Waals surface area contributed by atoms with Gasteiger partial charge in [0.05, 0.1) is 0 Å². The monoisotopic (exact) mass is 248 g/mol. The van der Waals surface area contributed by atoms with Crippen LogP contribution in [-0.4, -0.2) is 28.4 Å². The molecule has 18 heavy (non-hydrogen) atoms. The van der Waals surface area contributed by atoms with Crippen LogP contribution in [0.2, 0.25) is 0 Å². The summed E-state index contributed by atoms with van der Waals surface area (Å²) in [4.78, 5) is 24.4. The molecule has 2 rings (SSSR count). The van der Waals surface area contributed by atoms with Crippen molar-refractivity contribution in [2.24, 2.45) is 0 Å². The molecule has 0 saturated carbocycles. The van der Waals surface area contributed by atoms with E-state index in [1.807, 2.05) is 0 Å². The molecule has 5 heteroatoms. The van der Waals surface area contributed by atoms with Crippen LogP contribution in [0.15, 0.2) is 18.2 Å². The molecule has 0 aliphatic carbocycles. The number of hydrogen-bond acceptors (Lipinski definition) is 3. The molecule has 0 atom stereocenters. The van der Waals surface area contributed by atoms with Crippen LogP contribution in [0.3, 0.4) is 0 Å². The summed E-state index contributed by atoms with van der Waals surface area (Å²) in [5, 5.41) is 12.2. The van der Waals surface area contributed by atoms with E-state index in [2.05, 4.69) is 5.32 Å². The van der Waals surface area contributed by atoms with Crippen molar-refractivity contribution in [3.63, 3.8) is 0 Å². The Morgan fingerprint density at radius 1 is 1.50 bits per heavy atom. The molecule has 0 radical (unpaired) electrons. The number of anilines is 1. The molecule has 1 heterocycles. The number of aromatic hydroxyl groups is 1. The van der Waals surface area contributed by atoms with Gasteiger partial charge in [-0.05, 0) is 30.2 Å². The SMILES string of the molecule is CC(=O)Nc1ccc(O)cc1CN1CCCC1=O. The fraction of sp³-hybridized carbons (Fsp3) is 0.385. The van der Waals surface area contributed by atoms with Crippen molar-refractivity contribution < 1.29 is 14.7 Å². The van der Waals surface area contributed by atoms with E-state index in [0.29, 0.717) is 18.7 Å². The molecule has 0 aromatic heterocycles. The topological polar surface area (TPSA) is 69.6 Å². The Morgan fingerprint density at radius 3 is 2.89 bits per heavy atom. The second-order valence-electron chi connectivity index (χ2n) is 4.44. The zero-order valence-corrected chi connectivity index (χ0v) is 10.3. The average Bonchev–Trinajstić information content (AvgIpc) is 2.68. The standard InChI is InChI=1S/C13H16N2O3/c1-9(16)14-12-5-4-11(17)7-10(12)8-15-6-2-3-13(15)18/h4-5,7,17H,2-3,6,8H2,1H3,(H,14,16). The molecule has 1 aliphatic heterocycles. The van der Waals surface area contributed by atoms with E-state index in [9.17, 15) is 14.7 Å². The van der Waals surface area contributed by atoms with Gasteiger partial charge in [0.1, 0.15) is 5.75 Å². The molecule has 2 N–H and O–H groups in total. The molecule has 0 unspecified atom stereocenters. The van der Waals surface area contributed by atoms with Gasteiger partial charge in [-0.3, -0.25) is 9.59 Å². The summed E-state index contributed by atoms with van der Waals surface area (Å²) in [6.07, 6.45) is 1.45. The summed E-state index contributed by atoms with van der Waals surface area (Å²) in [6, 6.07) is 4.74. The highest BCUT2D eigenvalue weighted by Crippen LogP contribution is 2.24. The number of nitrogens with zero attached hydrogens (tertiary/aromatic N) is 1. The second-order valence-corrected chi connectivity index (χ2v) is 4.44. The van der Waals surface area contributed by atoms with Crippen molar-refractivity contribution in [2.45, 2.75) is 26.3 Å². The lowest BCUT2D eigenvalue weighted by atomic mass is 10.1. The van der Waals surface area contributed by atoms with Gasteiger partial charge in [-0.25, -0.2) is 0 Å². The first-order valence-electron chi connectivity index (χ1n) is 5.93. The van der Waals surface area contributed by atoms with Crippen molar-refractivity contribution >= 4 is 17.5 Å². The number of nitrogens with one attached hydrogen (secondary N) is 1. The molecular weight excluding hydrogens is 232 g/mol. The molecule has 1 fully saturated rings. The minimum Gasteiger partial charge on any atom is -0.508 e. The van der Waals surface area contributed by atoms with E-state index in [0.717, 1.165) is 18.5 Å². The van der Waals surface area contributed by atoms with Crippen molar-refractivity contribution in [3.8, 4) is 5.75 Å². The first-order valence-corrected chi connectivity index (χ1v) is 5.93. The number of amides is 2. The van der Waals surface area contributed by atoms with Gasteiger partial charge in [0.2, 0.25) is 11.8 Å². The van der Waals surface area contributed by atoms with E-state index in [4.69, 9.17) is 0 Å². The molecule has 2 amide bonds. The zero-order chi connectivity index (χ0) is 13.1. The minimum atomic E-state index is -0.172. The zero-order valence-electron chi connectivity index (χ0n) is 10.3. The lowest BCUT2D eigenvalue weighted by Crippen LogP contribution is -2.24. The number of rotatable bonds is 3. The van der Waals surface area contributed by atoms with E-state index >= 15 is 0 Å². The van der Waals surface area contributed by atoms with E-state index in [-0.39, 0.29) is 17.6 Å².